The molecule has 0 bridgehead atoms. The zero-order valence-corrected chi connectivity index (χ0v) is 36.3. The molecule has 0 atom stereocenters. The van der Waals surface area contributed by atoms with Gasteiger partial charge in [-0.05, 0) is 38.3 Å². The fraction of sp³-hybridized carbons (Fsp3) is 0.976. The minimum atomic E-state index is -0.250. The first-order valence-electron chi connectivity index (χ1n) is 21.4. The van der Waals surface area contributed by atoms with Crippen LogP contribution in [0.2, 0.25) is 0 Å². The van der Waals surface area contributed by atoms with Gasteiger partial charge in [0.15, 0.2) is 0 Å². The van der Waals surface area contributed by atoms with Crippen LogP contribution in [0, 0.1) is 5.92 Å². The fourth-order valence-corrected chi connectivity index (χ4v) is 6.75. The normalized spacial score (nSPS) is 11.1. The van der Waals surface area contributed by atoms with Crippen molar-refractivity contribution in [2.24, 2.45) is 5.92 Å². The van der Waals surface area contributed by atoms with Gasteiger partial charge in [0.05, 0.1) is 6.61 Å². The molecule has 0 heterocycles. The molecule has 6 nitrogen and oxygen atoms in total. The van der Waals surface area contributed by atoms with Crippen molar-refractivity contribution in [1.82, 2.24) is 4.90 Å². The van der Waals surface area contributed by atoms with Gasteiger partial charge >= 0.3 is 0 Å². The Balaban J connectivity index is -0.00000508. The summed E-state index contributed by atoms with van der Waals surface area (Å²) in [7, 11) is 0. The van der Waals surface area contributed by atoms with Gasteiger partial charge in [-0.15, -0.1) is 6.54 Å². The van der Waals surface area contributed by atoms with Gasteiger partial charge in [-0.1, -0.05) is 201 Å². The number of hydrogen-bond acceptors (Lipinski definition) is 4. The molecular weight excluding hydrogens is 685 g/mol. The van der Waals surface area contributed by atoms with Crippen molar-refractivity contribution < 1.29 is 52.6 Å². The molecule has 293 valence electrons. The summed E-state index contributed by atoms with van der Waals surface area (Å²) in [6.07, 6.45) is 42.6. The van der Waals surface area contributed by atoms with Crippen molar-refractivity contribution in [2.75, 3.05) is 39.4 Å². The van der Waals surface area contributed by atoms with Gasteiger partial charge in [0.2, 0.25) is 0 Å². The summed E-state index contributed by atoms with van der Waals surface area (Å²) < 4.78 is 0. The van der Waals surface area contributed by atoms with E-state index in [4.69, 9.17) is 14.7 Å². The molecule has 0 rings (SSSR count). The number of unbranched alkanes of at least 4 members (excludes halogenated alkanes) is 23. The topological polar surface area (TPSA) is 84.1 Å². The van der Waals surface area contributed by atoms with Crippen molar-refractivity contribution in [2.45, 2.75) is 220 Å². The monoisotopic (exact) mass is 773 g/mol. The van der Waals surface area contributed by atoms with Crippen molar-refractivity contribution >= 4 is 6.47 Å². The molecule has 0 aliphatic heterocycles. The van der Waals surface area contributed by atoms with Crippen molar-refractivity contribution in [1.29, 1.82) is 0 Å². The summed E-state index contributed by atoms with van der Waals surface area (Å²) in [5, 5.41) is 16.4. The molecule has 0 aromatic heterocycles. The molecule has 0 amide bonds. The van der Waals surface area contributed by atoms with E-state index in [1.807, 2.05) is 0 Å². The van der Waals surface area contributed by atoms with E-state index in [0.717, 1.165) is 51.5 Å². The van der Waals surface area contributed by atoms with Gasteiger partial charge in [-0.25, -0.2) is 0 Å². The third kappa shape index (κ3) is 48.4. The fourth-order valence-electron chi connectivity index (χ4n) is 6.75. The maximum atomic E-state index is 9.55. The van der Waals surface area contributed by atoms with Crippen molar-refractivity contribution in [3.63, 3.8) is 0 Å². The van der Waals surface area contributed by atoms with Gasteiger partial charge in [0.1, 0.15) is 0 Å². The first-order valence-corrected chi connectivity index (χ1v) is 21.4. The number of hydrogen-bond donors (Lipinski definition) is 2. The molecule has 1 radical (unpaired) electrons. The van der Waals surface area contributed by atoms with Crippen LogP contribution < -0.4 is 0 Å². The SMILES string of the molecule is CCCCCCCCCO[N-]CCCCCCN(CCO)CCCCCCCC(CCCCCCCC)CCCCCCCC.O=CO.[Y]. The van der Waals surface area contributed by atoms with Crippen LogP contribution in [0.5, 0.6) is 0 Å². The Labute approximate surface area is 332 Å². The van der Waals surface area contributed by atoms with Crippen LogP contribution in [-0.4, -0.2) is 61.0 Å². The number of nitrogens with zero attached hydrogens (tertiary/aromatic N) is 2. The van der Waals surface area contributed by atoms with Crippen LogP contribution in [0.4, 0.5) is 0 Å². The summed E-state index contributed by atoms with van der Waals surface area (Å²) in [5.41, 5.74) is 4.27. The number of aliphatic hydroxyl groups is 1. The standard InChI is InChI=1S/C41H85N2O2.CH2O2.Y/c1-4-7-10-13-16-24-31-40-45-42-35-28-21-23-30-37-43(38-39-44)36-29-22-17-20-27-34-41(32-25-18-14-11-8-5-2)33-26-19-15-12-9-6-3;2-1-3;/h41,44H,4-40H2,1-3H3;1H,(H,2,3);/q-1;;. The summed E-state index contributed by atoms with van der Waals surface area (Å²) in [5.74, 6) is 0.985. The molecule has 0 saturated heterocycles. The first kappa shape index (κ1) is 53.8. The summed E-state index contributed by atoms with van der Waals surface area (Å²) in [6, 6.07) is 0. The Hall–Kier alpha value is 0.414. The maximum Gasteiger partial charge on any atom is 0.290 e. The molecule has 0 aromatic carbocycles. The average Bonchev–Trinajstić information content (AvgIpc) is 3.08. The minimum absolute atomic E-state index is 0. The Kier molecular flexibility index (Phi) is 55.4. The molecule has 0 spiro atoms. The van der Waals surface area contributed by atoms with E-state index in [1.165, 1.54) is 186 Å². The molecule has 0 unspecified atom stereocenters. The van der Waals surface area contributed by atoms with Gasteiger partial charge in [0, 0.05) is 45.9 Å². The zero-order chi connectivity index (χ0) is 35.4. The quantitative estimate of drug-likeness (QED) is 0.0368. The number of carbonyl (C=O) groups is 1. The molecule has 7 heteroatoms. The number of aliphatic hydroxyl groups excluding tert-OH is 1. The van der Waals surface area contributed by atoms with E-state index in [9.17, 15) is 5.11 Å². The van der Waals surface area contributed by atoms with E-state index >= 15 is 0 Å². The molecule has 0 aliphatic rings. The molecule has 0 saturated carbocycles. The molecule has 0 fully saturated rings. The number of carboxylic acid groups (broad SMARTS) is 1. The van der Waals surface area contributed by atoms with Crippen LogP contribution in [0.1, 0.15) is 220 Å². The van der Waals surface area contributed by atoms with Crippen LogP contribution in [0.3, 0.4) is 0 Å². The van der Waals surface area contributed by atoms with E-state index in [-0.39, 0.29) is 45.8 Å². The Morgan fingerprint density at radius 2 is 0.878 bits per heavy atom. The maximum absolute atomic E-state index is 9.55. The van der Waals surface area contributed by atoms with Crippen LogP contribution in [-0.2, 0) is 42.3 Å². The van der Waals surface area contributed by atoms with E-state index in [0.29, 0.717) is 0 Å². The van der Waals surface area contributed by atoms with Crippen molar-refractivity contribution in [3.05, 3.63) is 5.48 Å². The minimum Gasteiger partial charge on any atom is -0.534 e. The third-order valence-electron chi connectivity index (χ3n) is 9.84. The Morgan fingerprint density at radius 1 is 0.531 bits per heavy atom. The van der Waals surface area contributed by atoms with Gasteiger partial charge in [-0.3, -0.25) is 4.79 Å². The predicted octanol–water partition coefficient (Wildman–Crippen LogP) is 13.1. The summed E-state index contributed by atoms with van der Waals surface area (Å²) in [4.78, 5) is 16.3. The number of hydroxylamine groups is 1. The molecular formula is C42H87N2O4Y-. The van der Waals surface area contributed by atoms with E-state index in [1.54, 1.807) is 0 Å². The number of rotatable bonds is 40. The molecule has 2 N–H and O–H groups in total. The molecule has 0 aliphatic carbocycles. The van der Waals surface area contributed by atoms with E-state index in [2.05, 4.69) is 31.2 Å². The second-order valence-electron chi connectivity index (χ2n) is 14.4. The Bertz CT molecular complexity index is 557. The first-order chi connectivity index (χ1) is 23.7. The summed E-state index contributed by atoms with van der Waals surface area (Å²) in [6.45, 7) is 11.7. The Morgan fingerprint density at radius 3 is 1.29 bits per heavy atom. The van der Waals surface area contributed by atoms with Gasteiger partial charge < -0.3 is 25.4 Å². The zero-order valence-electron chi connectivity index (χ0n) is 33.5. The second-order valence-corrected chi connectivity index (χ2v) is 14.4. The second kappa shape index (κ2) is 50.5. The van der Waals surface area contributed by atoms with Crippen LogP contribution >= 0.6 is 0 Å². The van der Waals surface area contributed by atoms with Gasteiger partial charge in [-0.2, -0.15) is 0 Å². The molecule has 0 aromatic rings. The smallest absolute Gasteiger partial charge is 0.290 e. The van der Waals surface area contributed by atoms with Crippen LogP contribution in [0.25, 0.3) is 5.48 Å². The predicted molar refractivity (Wildman–Crippen MR) is 210 cm³/mol. The molecule has 49 heavy (non-hydrogen) atoms. The van der Waals surface area contributed by atoms with E-state index < -0.39 is 0 Å². The van der Waals surface area contributed by atoms with Crippen molar-refractivity contribution in [3.8, 4) is 0 Å². The van der Waals surface area contributed by atoms with Crippen LogP contribution in [0.15, 0.2) is 0 Å². The largest absolute Gasteiger partial charge is 0.534 e. The summed E-state index contributed by atoms with van der Waals surface area (Å²) >= 11 is 0. The average molecular weight is 773 g/mol. The third-order valence-corrected chi connectivity index (χ3v) is 9.84. The van der Waals surface area contributed by atoms with Gasteiger partial charge in [0.25, 0.3) is 6.47 Å².